The van der Waals surface area contributed by atoms with Gasteiger partial charge in [-0.15, -0.1) is 0 Å². The van der Waals surface area contributed by atoms with Gasteiger partial charge in [0.2, 0.25) is 0 Å². The summed E-state index contributed by atoms with van der Waals surface area (Å²) in [6.07, 6.45) is 5.75. The topological polar surface area (TPSA) is 12.5 Å². The van der Waals surface area contributed by atoms with Crippen LogP contribution in [0.1, 0.15) is 38.7 Å². The summed E-state index contributed by atoms with van der Waals surface area (Å²) in [5.74, 6) is 1.97. The molecule has 0 spiro atoms. The van der Waals surface area contributed by atoms with Crippen molar-refractivity contribution < 1.29 is 4.74 Å². The largest absolute Gasteiger partial charge is 0.494 e. The molecule has 0 N–H and O–H groups in total. The highest BCUT2D eigenvalue weighted by atomic mass is 32.2. The second kappa shape index (κ2) is 13.1. The molecule has 1 rings (SSSR count). The summed E-state index contributed by atoms with van der Waals surface area (Å²) < 4.78 is 7.00. The molecule has 1 aromatic carbocycles. The summed E-state index contributed by atoms with van der Waals surface area (Å²) in [6, 6.07) is 8.62. The Morgan fingerprint density at radius 3 is 1.97 bits per heavy atom. The molecule has 0 aromatic heterocycles. The lowest BCUT2D eigenvalue weighted by molar-refractivity contribution is 0.319. The van der Waals surface area contributed by atoms with E-state index in [9.17, 15) is 0 Å². The van der Waals surface area contributed by atoms with Gasteiger partial charge >= 0.3 is 0 Å². The highest BCUT2D eigenvalue weighted by Gasteiger charge is 2.30. The highest BCUT2D eigenvalue weighted by molar-refractivity contribution is 8.22. The fraction of sp³-hybridized carbons (Fsp3) is 0.625. The minimum Gasteiger partial charge on any atom is -0.494 e. The van der Waals surface area contributed by atoms with Crippen molar-refractivity contribution in [1.29, 1.82) is 0 Å². The fourth-order valence-corrected chi connectivity index (χ4v) is 15.2. The maximum Gasteiger partial charge on any atom is 0.136 e. The molecule has 0 amide bonds. The first kappa shape index (κ1) is 27.5. The van der Waals surface area contributed by atoms with E-state index in [1.807, 2.05) is 0 Å². The van der Waals surface area contributed by atoms with Crippen LogP contribution in [0.2, 0.25) is 39.3 Å². The van der Waals surface area contributed by atoms with Crippen LogP contribution in [0.4, 0.5) is 0 Å². The van der Waals surface area contributed by atoms with Gasteiger partial charge in [0.25, 0.3) is 0 Å². The molecule has 0 fully saturated rings. The maximum absolute atomic E-state index is 5.96. The van der Waals surface area contributed by atoms with E-state index in [2.05, 4.69) is 88.4 Å². The van der Waals surface area contributed by atoms with E-state index in [1.54, 1.807) is 16.6 Å². The molecule has 0 saturated carbocycles. The first-order valence-electron chi connectivity index (χ1n) is 11.4. The van der Waals surface area contributed by atoms with Gasteiger partial charge in [-0.1, -0.05) is 100 Å². The first-order valence-corrected chi connectivity index (χ1v) is 19.8. The van der Waals surface area contributed by atoms with Crippen molar-refractivity contribution in [3.05, 3.63) is 34.6 Å². The number of hydrogen-bond acceptors (Lipinski definition) is 3. The summed E-state index contributed by atoms with van der Waals surface area (Å²) in [5.41, 5.74) is 1.30. The molecule has 170 valence electrons. The Kier molecular flexibility index (Phi) is 12.0. The third-order valence-electron chi connectivity index (χ3n) is 4.84. The molecule has 0 aliphatic heterocycles. The van der Waals surface area contributed by atoms with Crippen LogP contribution >= 0.6 is 24.0 Å². The van der Waals surface area contributed by atoms with Crippen molar-refractivity contribution in [2.45, 2.75) is 72.4 Å². The summed E-state index contributed by atoms with van der Waals surface area (Å²) in [5, 5.41) is 0. The lowest BCUT2D eigenvalue weighted by atomic mass is 10.2. The van der Waals surface area contributed by atoms with Crippen molar-refractivity contribution in [2.75, 3.05) is 25.4 Å². The van der Waals surface area contributed by atoms with Crippen molar-refractivity contribution in [1.82, 2.24) is 4.90 Å². The smallest absolute Gasteiger partial charge is 0.136 e. The van der Waals surface area contributed by atoms with E-state index in [0.717, 1.165) is 54.8 Å². The van der Waals surface area contributed by atoms with Crippen LogP contribution in [0.15, 0.2) is 29.1 Å². The monoisotopic (exact) mass is 481 g/mol. The number of nitrogens with zero attached hydrogens (tertiary/aromatic N) is 1. The van der Waals surface area contributed by atoms with E-state index in [0.29, 0.717) is 0 Å². The second-order valence-electron chi connectivity index (χ2n) is 9.93. The molecule has 0 saturated heterocycles. The van der Waals surface area contributed by atoms with Gasteiger partial charge in [0.05, 0.1) is 22.8 Å². The number of rotatable bonds is 12. The Labute approximate surface area is 197 Å². The zero-order valence-electron chi connectivity index (χ0n) is 20.5. The van der Waals surface area contributed by atoms with Crippen LogP contribution in [0, 0.1) is 0 Å². The number of thiocarbonyl (C=S) groups is 1. The number of benzene rings is 1. The second-order valence-corrected chi connectivity index (χ2v) is 22.2. The molecule has 0 aliphatic rings. The van der Waals surface area contributed by atoms with Crippen molar-refractivity contribution in [3.8, 4) is 5.75 Å². The van der Waals surface area contributed by atoms with E-state index < -0.39 is 16.1 Å². The van der Waals surface area contributed by atoms with Gasteiger partial charge in [0, 0.05) is 18.8 Å². The molecule has 0 aliphatic carbocycles. The minimum atomic E-state index is -1.30. The third-order valence-corrected chi connectivity index (χ3v) is 14.5. The molecule has 1 aromatic rings. The third kappa shape index (κ3) is 10.2. The molecular formula is C24H43NOS2Si2. The van der Waals surface area contributed by atoms with Crippen LogP contribution in [0.3, 0.4) is 0 Å². The van der Waals surface area contributed by atoms with Crippen molar-refractivity contribution >= 4 is 50.5 Å². The predicted octanol–water partition coefficient (Wildman–Crippen LogP) is 7.73. The Morgan fingerprint density at radius 2 is 1.50 bits per heavy atom. The highest BCUT2D eigenvalue weighted by Crippen LogP contribution is 2.28. The Bertz CT molecular complexity index is 654. The number of ether oxygens (including phenoxy) is 1. The average Bonchev–Trinajstić information content (AvgIpc) is 2.64. The molecule has 0 heterocycles. The van der Waals surface area contributed by atoms with Gasteiger partial charge in [0.15, 0.2) is 0 Å². The fourth-order valence-electron chi connectivity index (χ4n) is 3.72. The van der Waals surface area contributed by atoms with Crippen LogP contribution < -0.4 is 4.74 Å². The van der Waals surface area contributed by atoms with E-state index in [4.69, 9.17) is 17.0 Å². The SMILES string of the molecule is CCCN(CCC)C(=S)SCCCOc1ccc(C=C([Si](C)(C)C)[Si](C)(C)C)cc1. The van der Waals surface area contributed by atoms with E-state index in [-0.39, 0.29) is 0 Å². The van der Waals surface area contributed by atoms with Gasteiger partial charge in [-0.2, -0.15) is 0 Å². The van der Waals surface area contributed by atoms with Gasteiger partial charge in [-0.25, -0.2) is 0 Å². The zero-order valence-corrected chi connectivity index (χ0v) is 24.1. The molecule has 6 heteroatoms. The standard InChI is InChI=1S/C24H43NOS2Si2/c1-9-16-25(17-10-2)24(27)28-19-11-18-26-22-14-12-21(13-15-22)20-23(29(3,4)5)30(6,7)8/h12-15,20H,9-11,16-19H2,1-8H3. The molecule has 0 radical (unpaired) electrons. The van der Waals surface area contributed by atoms with Crippen LogP contribution in [-0.2, 0) is 0 Å². The average molecular weight is 482 g/mol. The van der Waals surface area contributed by atoms with Gasteiger partial charge in [0.1, 0.15) is 10.1 Å². The zero-order chi connectivity index (χ0) is 22.8. The lowest BCUT2D eigenvalue weighted by Crippen LogP contribution is -2.39. The lowest BCUT2D eigenvalue weighted by Gasteiger charge is -2.31. The van der Waals surface area contributed by atoms with Gasteiger partial charge in [-0.05, 0) is 37.0 Å². The first-order chi connectivity index (χ1) is 14.0. The molecule has 0 atom stereocenters. The van der Waals surface area contributed by atoms with E-state index >= 15 is 0 Å². The summed E-state index contributed by atoms with van der Waals surface area (Å²) >= 11 is 7.39. The van der Waals surface area contributed by atoms with Crippen LogP contribution in [0.5, 0.6) is 5.75 Å². The quantitative estimate of drug-likeness (QED) is 0.172. The summed E-state index contributed by atoms with van der Waals surface area (Å²) in [4.78, 5) is 4.07. The Hall–Kier alpha value is -0.566. The van der Waals surface area contributed by atoms with Crippen molar-refractivity contribution in [2.24, 2.45) is 0 Å². The van der Waals surface area contributed by atoms with Gasteiger partial charge < -0.3 is 9.64 Å². The molecular weight excluding hydrogens is 439 g/mol. The number of hydrogen-bond donors (Lipinski definition) is 0. The molecule has 0 bridgehead atoms. The predicted molar refractivity (Wildman–Crippen MR) is 148 cm³/mol. The molecule has 0 unspecified atom stereocenters. The van der Waals surface area contributed by atoms with Gasteiger partial charge in [-0.3, -0.25) is 0 Å². The maximum atomic E-state index is 5.96. The van der Waals surface area contributed by atoms with Crippen LogP contribution in [-0.4, -0.2) is 50.8 Å². The number of thioether (sulfide) groups is 1. The summed E-state index contributed by atoms with van der Waals surface area (Å²) in [6.45, 7) is 22.0. The Morgan fingerprint density at radius 1 is 0.967 bits per heavy atom. The van der Waals surface area contributed by atoms with Crippen LogP contribution in [0.25, 0.3) is 6.08 Å². The molecule has 2 nitrogen and oxygen atoms in total. The summed E-state index contributed by atoms with van der Waals surface area (Å²) in [7, 11) is -2.60. The normalized spacial score (nSPS) is 11.9. The van der Waals surface area contributed by atoms with Crippen molar-refractivity contribution in [3.63, 3.8) is 0 Å². The van der Waals surface area contributed by atoms with E-state index in [1.165, 1.54) is 5.56 Å². The Balaban J connectivity index is 2.52. The minimum absolute atomic E-state index is 0.738. The molecule has 30 heavy (non-hydrogen) atoms.